The number of amides is 1. The largest absolute Gasteiger partial charge is 0.277 e. The van der Waals surface area contributed by atoms with Gasteiger partial charge in [0.05, 0.1) is 7.11 Å². The second kappa shape index (κ2) is 6.28. The molecule has 0 radical (unpaired) electrons. The van der Waals surface area contributed by atoms with E-state index >= 15 is 0 Å². The van der Waals surface area contributed by atoms with Crippen LogP contribution >= 0.6 is 0 Å². The predicted octanol–water partition coefficient (Wildman–Crippen LogP) is 2.63. The number of nitrogens with one attached hydrogen (secondary N) is 1. The van der Waals surface area contributed by atoms with Gasteiger partial charge in [0.2, 0.25) is 0 Å². The van der Waals surface area contributed by atoms with E-state index in [1.54, 1.807) is 0 Å². The molecule has 0 spiro atoms. The second-order valence-corrected chi connectivity index (χ2v) is 3.90. The lowest BCUT2D eigenvalue weighted by Gasteiger charge is -2.09. The number of unbranched alkanes of at least 4 members (excludes halogenated alkanes) is 1. The number of hydrogen-bond acceptors (Lipinski definition) is 2. The van der Waals surface area contributed by atoms with Crippen LogP contribution in [0.5, 0.6) is 0 Å². The molecule has 0 unspecified atom stereocenters. The summed E-state index contributed by atoms with van der Waals surface area (Å²) in [5.41, 5.74) is 5.34. The third-order valence-corrected chi connectivity index (χ3v) is 2.50. The molecule has 88 valence electrons. The van der Waals surface area contributed by atoms with Gasteiger partial charge >= 0.3 is 0 Å². The van der Waals surface area contributed by atoms with E-state index in [4.69, 9.17) is 0 Å². The summed E-state index contributed by atoms with van der Waals surface area (Å²) in [6.07, 6.45) is 3.15. The van der Waals surface area contributed by atoms with E-state index in [1.807, 2.05) is 19.1 Å². The summed E-state index contributed by atoms with van der Waals surface area (Å²) < 4.78 is 0. The molecule has 1 N–H and O–H groups in total. The number of aryl methyl sites for hydroxylation is 2. The molecule has 1 aromatic carbocycles. The minimum absolute atomic E-state index is 0.173. The first kappa shape index (κ1) is 12.7. The van der Waals surface area contributed by atoms with Gasteiger partial charge in [0.15, 0.2) is 0 Å². The van der Waals surface area contributed by atoms with Crippen LogP contribution in [0.1, 0.15) is 41.3 Å². The van der Waals surface area contributed by atoms with Crippen molar-refractivity contribution in [2.24, 2.45) is 0 Å². The van der Waals surface area contributed by atoms with Crippen molar-refractivity contribution >= 4 is 5.91 Å². The third-order valence-electron chi connectivity index (χ3n) is 2.50. The molecule has 0 aromatic heterocycles. The van der Waals surface area contributed by atoms with E-state index in [9.17, 15) is 4.79 Å². The van der Waals surface area contributed by atoms with Crippen LogP contribution in [0.2, 0.25) is 0 Å². The molecule has 0 atom stereocenters. The Kier molecular flexibility index (Phi) is 4.99. The summed E-state index contributed by atoms with van der Waals surface area (Å²) in [4.78, 5) is 16.4. The molecule has 0 saturated carbocycles. The van der Waals surface area contributed by atoms with Crippen LogP contribution in [0.4, 0.5) is 0 Å². The fourth-order valence-electron chi connectivity index (χ4n) is 1.67. The number of carbonyl (C=O) groups excluding carboxylic acids is 1. The lowest BCUT2D eigenvalue weighted by atomic mass is 9.99. The fourth-order valence-corrected chi connectivity index (χ4v) is 1.67. The Hall–Kier alpha value is -1.35. The quantitative estimate of drug-likeness (QED) is 0.776. The summed E-state index contributed by atoms with van der Waals surface area (Å²) in [6.45, 7) is 4.18. The van der Waals surface area contributed by atoms with Crippen molar-refractivity contribution in [3.8, 4) is 0 Å². The lowest BCUT2D eigenvalue weighted by molar-refractivity contribution is 0.0536. The van der Waals surface area contributed by atoms with Gasteiger partial charge in [-0.25, -0.2) is 5.48 Å². The number of benzene rings is 1. The highest BCUT2D eigenvalue weighted by Gasteiger charge is 2.10. The Morgan fingerprint density at radius 3 is 2.81 bits per heavy atom. The zero-order valence-electron chi connectivity index (χ0n) is 10.2. The highest BCUT2D eigenvalue weighted by Crippen LogP contribution is 2.14. The molecular weight excluding hydrogens is 202 g/mol. The maximum atomic E-state index is 11.7. The predicted molar refractivity (Wildman–Crippen MR) is 64.3 cm³/mol. The van der Waals surface area contributed by atoms with Crippen molar-refractivity contribution in [3.63, 3.8) is 0 Å². The van der Waals surface area contributed by atoms with Gasteiger partial charge in [-0.15, -0.1) is 0 Å². The molecule has 1 rings (SSSR count). The molecule has 0 saturated heterocycles. The lowest BCUT2D eigenvalue weighted by Crippen LogP contribution is -2.23. The van der Waals surface area contributed by atoms with Crippen LogP contribution in [-0.2, 0) is 11.3 Å². The molecule has 0 aliphatic carbocycles. The third kappa shape index (κ3) is 3.35. The molecule has 3 nitrogen and oxygen atoms in total. The fraction of sp³-hybridized carbons (Fsp3) is 0.462. The van der Waals surface area contributed by atoms with Crippen molar-refractivity contribution in [1.29, 1.82) is 0 Å². The molecule has 0 aliphatic heterocycles. The first-order chi connectivity index (χ1) is 7.69. The normalized spacial score (nSPS) is 10.2. The number of hydrogen-bond donors (Lipinski definition) is 1. The highest BCUT2D eigenvalue weighted by molar-refractivity contribution is 5.95. The molecule has 1 amide bonds. The average molecular weight is 221 g/mol. The van der Waals surface area contributed by atoms with Crippen LogP contribution in [-0.4, -0.2) is 13.0 Å². The first-order valence-electron chi connectivity index (χ1n) is 5.62. The van der Waals surface area contributed by atoms with Crippen LogP contribution < -0.4 is 5.48 Å². The molecule has 3 heteroatoms. The monoisotopic (exact) mass is 221 g/mol. The van der Waals surface area contributed by atoms with Crippen LogP contribution in [0.15, 0.2) is 18.2 Å². The minimum Gasteiger partial charge on any atom is -0.277 e. The van der Waals surface area contributed by atoms with Crippen molar-refractivity contribution in [3.05, 3.63) is 34.9 Å². The summed E-state index contributed by atoms with van der Waals surface area (Å²) in [6, 6.07) is 5.87. The molecular formula is C13H19NO2. The van der Waals surface area contributed by atoms with Gasteiger partial charge in [0.1, 0.15) is 0 Å². The van der Waals surface area contributed by atoms with Crippen LogP contribution in [0.25, 0.3) is 0 Å². The molecule has 16 heavy (non-hydrogen) atoms. The summed E-state index contributed by atoms with van der Waals surface area (Å²) in [5.74, 6) is -0.173. The van der Waals surface area contributed by atoms with E-state index in [0.29, 0.717) is 5.56 Å². The molecule has 0 aliphatic rings. The Balaban J connectivity index is 2.92. The van der Waals surface area contributed by atoms with E-state index in [1.165, 1.54) is 12.7 Å². The van der Waals surface area contributed by atoms with Crippen molar-refractivity contribution in [2.75, 3.05) is 7.11 Å². The number of hydroxylamine groups is 1. The van der Waals surface area contributed by atoms with E-state index in [0.717, 1.165) is 24.8 Å². The first-order valence-corrected chi connectivity index (χ1v) is 5.62. The smallest absolute Gasteiger partial charge is 0.275 e. The minimum atomic E-state index is -0.173. The second-order valence-electron chi connectivity index (χ2n) is 3.90. The average Bonchev–Trinajstić information content (AvgIpc) is 2.26. The SMILES string of the molecule is CCCCc1cc(C)ccc1C(=O)NOC. The van der Waals surface area contributed by atoms with Crippen molar-refractivity contribution in [1.82, 2.24) is 5.48 Å². The van der Waals surface area contributed by atoms with E-state index in [-0.39, 0.29) is 5.91 Å². The zero-order valence-corrected chi connectivity index (χ0v) is 10.2. The van der Waals surface area contributed by atoms with E-state index < -0.39 is 0 Å². The number of rotatable bonds is 5. The Morgan fingerprint density at radius 1 is 1.44 bits per heavy atom. The van der Waals surface area contributed by atoms with Gasteiger partial charge in [-0.05, 0) is 31.4 Å². The Labute approximate surface area is 96.8 Å². The van der Waals surface area contributed by atoms with Gasteiger partial charge < -0.3 is 0 Å². The standard InChI is InChI=1S/C13H19NO2/c1-4-5-6-11-9-10(2)7-8-12(11)13(15)14-16-3/h7-9H,4-6H2,1-3H3,(H,14,15). The number of carbonyl (C=O) groups is 1. The van der Waals surface area contributed by atoms with Crippen molar-refractivity contribution < 1.29 is 9.63 Å². The Bertz CT molecular complexity index is 361. The highest BCUT2D eigenvalue weighted by atomic mass is 16.6. The summed E-state index contributed by atoms with van der Waals surface area (Å²) in [5, 5.41) is 0. The van der Waals surface area contributed by atoms with Gasteiger partial charge in [0.25, 0.3) is 5.91 Å². The maximum Gasteiger partial charge on any atom is 0.275 e. The van der Waals surface area contributed by atoms with Gasteiger partial charge in [-0.2, -0.15) is 0 Å². The molecule has 0 bridgehead atoms. The Morgan fingerprint density at radius 2 is 2.19 bits per heavy atom. The van der Waals surface area contributed by atoms with Gasteiger partial charge in [-0.1, -0.05) is 31.0 Å². The van der Waals surface area contributed by atoms with E-state index in [2.05, 4.69) is 23.3 Å². The van der Waals surface area contributed by atoms with Gasteiger partial charge in [-0.3, -0.25) is 9.63 Å². The summed E-state index contributed by atoms with van der Waals surface area (Å²) in [7, 11) is 1.44. The molecule has 1 aromatic rings. The van der Waals surface area contributed by atoms with Crippen LogP contribution in [0, 0.1) is 6.92 Å². The zero-order chi connectivity index (χ0) is 12.0. The van der Waals surface area contributed by atoms with Crippen LogP contribution in [0.3, 0.4) is 0 Å². The summed E-state index contributed by atoms with van der Waals surface area (Å²) >= 11 is 0. The molecule has 0 fully saturated rings. The van der Waals surface area contributed by atoms with Gasteiger partial charge in [0, 0.05) is 5.56 Å². The van der Waals surface area contributed by atoms with Crippen molar-refractivity contribution in [2.45, 2.75) is 33.1 Å². The maximum absolute atomic E-state index is 11.7. The topological polar surface area (TPSA) is 38.3 Å². The molecule has 0 heterocycles.